The molecule has 2 atom stereocenters. The van der Waals surface area contributed by atoms with Gasteiger partial charge in [0, 0.05) is 0 Å². The molecule has 3 nitrogen and oxygen atoms in total. The van der Waals surface area contributed by atoms with Crippen LogP contribution in [0.5, 0.6) is 0 Å². The van der Waals surface area contributed by atoms with Gasteiger partial charge in [0.15, 0.2) is 0 Å². The van der Waals surface area contributed by atoms with Gasteiger partial charge in [-0.05, 0) is 50.6 Å². The third kappa shape index (κ3) is 2.08. The van der Waals surface area contributed by atoms with Crippen molar-refractivity contribution in [1.82, 2.24) is 5.32 Å². The first-order chi connectivity index (χ1) is 6.83. The van der Waals surface area contributed by atoms with Crippen LogP contribution in [0.25, 0.3) is 0 Å². The number of nitrogens with one attached hydrogen (secondary N) is 1. The number of hydrogen-bond acceptors (Lipinski definition) is 3. The quantitative estimate of drug-likeness (QED) is 0.691. The Balaban J connectivity index is 1.97. The minimum Gasteiger partial charge on any atom is -0.469 e. The predicted molar refractivity (Wildman–Crippen MR) is 53.8 cm³/mol. The summed E-state index contributed by atoms with van der Waals surface area (Å²) in [6.07, 6.45) is 4.82. The average molecular weight is 197 g/mol. The van der Waals surface area contributed by atoms with E-state index in [9.17, 15) is 4.79 Å². The van der Waals surface area contributed by atoms with Crippen molar-refractivity contribution in [3.05, 3.63) is 0 Å². The molecule has 1 aliphatic carbocycles. The summed E-state index contributed by atoms with van der Waals surface area (Å²) in [6.45, 7) is 2.10. The molecular weight excluding hydrogens is 178 g/mol. The molecule has 1 saturated carbocycles. The number of piperidine rings is 1. The normalized spacial score (nSPS) is 29.6. The third-order valence-corrected chi connectivity index (χ3v) is 3.45. The molecule has 80 valence electrons. The van der Waals surface area contributed by atoms with Gasteiger partial charge in [-0.3, -0.25) is 4.79 Å². The fourth-order valence-electron chi connectivity index (χ4n) is 2.55. The zero-order valence-corrected chi connectivity index (χ0v) is 8.79. The topological polar surface area (TPSA) is 38.3 Å². The van der Waals surface area contributed by atoms with Crippen molar-refractivity contribution >= 4 is 5.97 Å². The predicted octanol–water partition coefficient (Wildman–Crippen LogP) is 1.19. The Morgan fingerprint density at radius 2 is 2.14 bits per heavy atom. The standard InChI is InChI=1S/C11H19NO2/c1-14-11(13)10(8-4-5-8)9-3-2-6-12-7-9/h8-10,12H,2-7H2,1H3. The Labute approximate surface area is 85.2 Å². The SMILES string of the molecule is COC(=O)C(C1CC1)C1CCCNC1. The highest BCUT2D eigenvalue weighted by Crippen LogP contribution is 2.42. The average Bonchev–Trinajstić information content (AvgIpc) is 3.04. The molecule has 14 heavy (non-hydrogen) atoms. The molecule has 0 aromatic heterocycles. The summed E-state index contributed by atoms with van der Waals surface area (Å²) in [5.41, 5.74) is 0. The maximum Gasteiger partial charge on any atom is 0.309 e. The van der Waals surface area contributed by atoms with Gasteiger partial charge in [-0.25, -0.2) is 0 Å². The van der Waals surface area contributed by atoms with E-state index in [4.69, 9.17) is 4.74 Å². The zero-order chi connectivity index (χ0) is 9.97. The monoisotopic (exact) mass is 197 g/mol. The second-order valence-corrected chi connectivity index (χ2v) is 4.49. The Morgan fingerprint density at radius 1 is 1.36 bits per heavy atom. The van der Waals surface area contributed by atoms with Crippen LogP contribution in [0, 0.1) is 17.8 Å². The number of hydrogen-bond donors (Lipinski definition) is 1. The third-order valence-electron chi connectivity index (χ3n) is 3.45. The number of methoxy groups -OCH3 is 1. The van der Waals surface area contributed by atoms with E-state index in [1.165, 1.54) is 32.8 Å². The van der Waals surface area contributed by atoms with E-state index >= 15 is 0 Å². The molecule has 0 bridgehead atoms. The molecule has 0 spiro atoms. The van der Waals surface area contributed by atoms with E-state index in [0.29, 0.717) is 11.8 Å². The first kappa shape index (κ1) is 9.97. The fourth-order valence-corrected chi connectivity index (χ4v) is 2.55. The Bertz CT molecular complexity index is 207. The molecule has 2 fully saturated rings. The number of carbonyl (C=O) groups is 1. The van der Waals surface area contributed by atoms with Crippen LogP contribution in [0.15, 0.2) is 0 Å². The Hall–Kier alpha value is -0.570. The van der Waals surface area contributed by atoms with Crippen molar-refractivity contribution in [3.63, 3.8) is 0 Å². The summed E-state index contributed by atoms with van der Waals surface area (Å²) in [4.78, 5) is 11.6. The van der Waals surface area contributed by atoms with E-state index in [2.05, 4.69) is 5.32 Å². The van der Waals surface area contributed by atoms with Gasteiger partial charge in [0.25, 0.3) is 0 Å². The second-order valence-electron chi connectivity index (χ2n) is 4.49. The number of carbonyl (C=O) groups excluding carboxylic acids is 1. The molecule has 3 heteroatoms. The highest BCUT2D eigenvalue weighted by Gasteiger charge is 2.42. The summed E-state index contributed by atoms with van der Waals surface area (Å²) in [5, 5.41) is 3.37. The summed E-state index contributed by atoms with van der Waals surface area (Å²) in [6, 6.07) is 0. The van der Waals surface area contributed by atoms with Gasteiger partial charge in [-0.2, -0.15) is 0 Å². The maximum absolute atomic E-state index is 11.6. The van der Waals surface area contributed by atoms with Crippen molar-refractivity contribution in [2.24, 2.45) is 17.8 Å². The Kier molecular flexibility index (Phi) is 3.06. The molecule has 1 saturated heterocycles. The van der Waals surface area contributed by atoms with Gasteiger partial charge in [0.05, 0.1) is 13.0 Å². The second kappa shape index (κ2) is 4.30. The lowest BCUT2D eigenvalue weighted by Crippen LogP contribution is -2.38. The molecule has 0 aromatic rings. The van der Waals surface area contributed by atoms with E-state index < -0.39 is 0 Å². The minimum atomic E-state index is 0.0150. The Morgan fingerprint density at radius 3 is 2.64 bits per heavy atom. The van der Waals surface area contributed by atoms with Gasteiger partial charge in [0.1, 0.15) is 0 Å². The first-order valence-corrected chi connectivity index (χ1v) is 5.61. The minimum absolute atomic E-state index is 0.0150. The smallest absolute Gasteiger partial charge is 0.309 e. The summed E-state index contributed by atoms with van der Waals surface area (Å²) in [5.74, 6) is 1.32. The maximum atomic E-state index is 11.6. The van der Waals surface area contributed by atoms with E-state index in [-0.39, 0.29) is 11.9 Å². The van der Waals surface area contributed by atoms with Crippen LogP contribution in [0.2, 0.25) is 0 Å². The first-order valence-electron chi connectivity index (χ1n) is 5.61. The summed E-state index contributed by atoms with van der Waals surface area (Å²) in [7, 11) is 1.51. The summed E-state index contributed by atoms with van der Waals surface area (Å²) >= 11 is 0. The number of esters is 1. The van der Waals surface area contributed by atoms with Crippen LogP contribution < -0.4 is 5.32 Å². The molecule has 1 heterocycles. The van der Waals surface area contributed by atoms with Crippen molar-refractivity contribution in [1.29, 1.82) is 0 Å². The molecule has 1 aliphatic heterocycles. The highest BCUT2D eigenvalue weighted by atomic mass is 16.5. The largest absolute Gasteiger partial charge is 0.469 e. The van der Waals surface area contributed by atoms with E-state index in [0.717, 1.165) is 13.1 Å². The molecule has 2 unspecified atom stereocenters. The van der Waals surface area contributed by atoms with Gasteiger partial charge < -0.3 is 10.1 Å². The lowest BCUT2D eigenvalue weighted by atomic mass is 9.83. The van der Waals surface area contributed by atoms with Crippen molar-refractivity contribution < 1.29 is 9.53 Å². The van der Waals surface area contributed by atoms with Crippen LogP contribution in [0.4, 0.5) is 0 Å². The highest BCUT2D eigenvalue weighted by molar-refractivity contribution is 5.73. The van der Waals surface area contributed by atoms with Crippen LogP contribution >= 0.6 is 0 Å². The molecule has 0 aromatic carbocycles. The van der Waals surface area contributed by atoms with E-state index in [1.54, 1.807) is 0 Å². The molecule has 0 radical (unpaired) electrons. The molecule has 1 N–H and O–H groups in total. The lowest BCUT2D eigenvalue weighted by Gasteiger charge is -2.29. The van der Waals surface area contributed by atoms with Crippen LogP contribution in [0.1, 0.15) is 25.7 Å². The van der Waals surface area contributed by atoms with Crippen molar-refractivity contribution in [3.8, 4) is 0 Å². The van der Waals surface area contributed by atoms with E-state index in [1.807, 2.05) is 0 Å². The van der Waals surface area contributed by atoms with Gasteiger partial charge in [-0.15, -0.1) is 0 Å². The molecule has 0 amide bonds. The van der Waals surface area contributed by atoms with Crippen LogP contribution in [-0.4, -0.2) is 26.2 Å². The van der Waals surface area contributed by atoms with Crippen LogP contribution in [0.3, 0.4) is 0 Å². The molecular formula is C11H19NO2. The lowest BCUT2D eigenvalue weighted by molar-refractivity contribution is -0.148. The van der Waals surface area contributed by atoms with Crippen molar-refractivity contribution in [2.75, 3.05) is 20.2 Å². The zero-order valence-electron chi connectivity index (χ0n) is 8.79. The van der Waals surface area contributed by atoms with Gasteiger partial charge in [0.2, 0.25) is 0 Å². The fraction of sp³-hybridized carbons (Fsp3) is 0.909. The number of rotatable bonds is 3. The van der Waals surface area contributed by atoms with Crippen LogP contribution in [-0.2, 0) is 9.53 Å². The molecule has 2 aliphatic rings. The van der Waals surface area contributed by atoms with Gasteiger partial charge in [-0.1, -0.05) is 0 Å². The molecule has 2 rings (SSSR count). The van der Waals surface area contributed by atoms with Crippen molar-refractivity contribution in [2.45, 2.75) is 25.7 Å². The number of ether oxygens (including phenoxy) is 1. The summed E-state index contributed by atoms with van der Waals surface area (Å²) < 4.78 is 4.90. The van der Waals surface area contributed by atoms with Gasteiger partial charge >= 0.3 is 5.97 Å².